The van der Waals surface area contributed by atoms with Crippen LogP contribution in [0.3, 0.4) is 0 Å². The molecule has 100 valence electrons. The maximum atomic E-state index is 2.31. The second-order valence-electron chi connectivity index (χ2n) is 5.16. The van der Waals surface area contributed by atoms with E-state index in [4.69, 9.17) is 0 Å². The smallest absolute Gasteiger partial charge is 0.0000973 e. The zero-order chi connectivity index (χ0) is 13.5. The van der Waals surface area contributed by atoms with Crippen LogP contribution < -0.4 is 0 Å². The van der Waals surface area contributed by atoms with Gasteiger partial charge in [0.25, 0.3) is 0 Å². The molecule has 1 heteroatoms. The number of thioether (sulfide) groups is 1. The van der Waals surface area contributed by atoms with Crippen molar-refractivity contribution in [1.82, 2.24) is 0 Å². The maximum Gasteiger partial charge on any atom is -0.0000973 e. The Morgan fingerprint density at radius 2 is 1.05 bits per heavy atom. The Morgan fingerprint density at radius 1 is 0.684 bits per heavy atom. The van der Waals surface area contributed by atoms with Crippen LogP contribution >= 0.6 is 11.8 Å². The lowest BCUT2D eigenvalue weighted by atomic mass is 10.0. The Balaban J connectivity index is 1.78. The fraction of sp³-hybridized carbons (Fsp3) is 0.333. The number of hydrogen-bond donors (Lipinski definition) is 0. The molecular formula is C18H22S. The average molecular weight is 270 g/mol. The molecule has 0 aliphatic carbocycles. The highest BCUT2D eigenvalue weighted by atomic mass is 32.2. The van der Waals surface area contributed by atoms with Crippen LogP contribution in [0.2, 0.25) is 0 Å². The van der Waals surface area contributed by atoms with E-state index in [9.17, 15) is 0 Å². The molecule has 0 nitrogen and oxygen atoms in total. The van der Waals surface area contributed by atoms with Gasteiger partial charge >= 0.3 is 0 Å². The van der Waals surface area contributed by atoms with Crippen molar-refractivity contribution >= 4 is 11.8 Å². The van der Waals surface area contributed by atoms with Gasteiger partial charge in [0.05, 0.1) is 0 Å². The summed E-state index contributed by atoms with van der Waals surface area (Å²) in [5, 5.41) is 0. The fourth-order valence-corrected chi connectivity index (χ4v) is 3.41. The van der Waals surface area contributed by atoms with Gasteiger partial charge in [-0.2, -0.15) is 11.8 Å². The molecule has 2 unspecified atom stereocenters. The summed E-state index contributed by atoms with van der Waals surface area (Å²) < 4.78 is 0. The van der Waals surface area contributed by atoms with Crippen LogP contribution in [-0.4, -0.2) is 11.5 Å². The summed E-state index contributed by atoms with van der Waals surface area (Å²) in [7, 11) is 0. The molecule has 0 aliphatic rings. The predicted octanol–water partition coefficient (Wildman–Crippen LogP) is 5.33. The van der Waals surface area contributed by atoms with Gasteiger partial charge in [0, 0.05) is 0 Å². The quantitative estimate of drug-likeness (QED) is 0.684. The largest absolute Gasteiger partial charge is 0.161 e. The molecule has 0 bridgehead atoms. The third-order valence-corrected chi connectivity index (χ3v) is 4.94. The van der Waals surface area contributed by atoms with Crippen LogP contribution in [0, 0.1) is 0 Å². The van der Waals surface area contributed by atoms with Crippen molar-refractivity contribution in [3.05, 3.63) is 71.8 Å². The molecule has 0 fully saturated rings. The van der Waals surface area contributed by atoms with E-state index < -0.39 is 0 Å². The Hall–Kier alpha value is -1.21. The molecule has 0 aliphatic heterocycles. The van der Waals surface area contributed by atoms with Crippen LogP contribution in [-0.2, 0) is 0 Å². The lowest BCUT2D eigenvalue weighted by Crippen LogP contribution is -2.01. The van der Waals surface area contributed by atoms with Crippen molar-refractivity contribution in [3.63, 3.8) is 0 Å². The zero-order valence-electron chi connectivity index (χ0n) is 11.8. The molecule has 2 atom stereocenters. The molecule has 0 amide bonds. The molecular weight excluding hydrogens is 248 g/mol. The van der Waals surface area contributed by atoms with Crippen molar-refractivity contribution in [2.75, 3.05) is 11.5 Å². The lowest BCUT2D eigenvalue weighted by molar-refractivity contribution is 0.858. The van der Waals surface area contributed by atoms with E-state index in [-0.39, 0.29) is 0 Å². The summed E-state index contributed by atoms with van der Waals surface area (Å²) in [6.45, 7) is 4.63. The molecule has 0 radical (unpaired) electrons. The first kappa shape index (κ1) is 14.2. The Kier molecular flexibility index (Phi) is 5.53. The number of rotatable bonds is 6. The van der Waals surface area contributed by atoms with Gasteiger partial charge in [-0.3, -0.25) is 0 Å². The minimum Gasteiger partial charge on any atom is -0.161 e. The molecule has 0 aromatic heterocycles. The molecule has 0 spiro atoms. The summed E-state index contributed by atoms with van der Waals surface area (Å²) in [4.78, 5) is 0. The van der Waals surface area contributed by atoms with E-state index in [1.165, 1.54) is 22.6 Å². The third kappa shape index (κ3) is 4.43. The second-order valence-corrected chi connectivity index (χ2v) is 6.24. The molecule has 2 aromatic carbocycles. The van der Waals surface area contributed by atoms with E-state index in [0.29, 0.717) is 11.8 Å². The van der Waals surface area contributed by atoms with Crippen LogP contribution in [0.15, 0.2) is 60.7 Å². The minimum atomic E-state index is 0.633. The first-order chi connectivity index (χ1) is 9.27. The number of benzene rings is 2. The van der Waals surface area contributed by atoms with E-state index in [1.807, 2.05) is 0 Å². The Labute approximate surface area is 121 Å². The van der Waals surface area contributed by atoms with E-state index in [0.717, 1.165) is 0 Å². The van der Waals surface area contributed by atoms with Gasteiger partial charge < -0.3 is 0 Å². The Bertz CT molecular complexity index is 418. The van der Waals surface area contributed by atoms with Crippen LogP contribution in [0.5, 0.6) is 0 Å². The average Bonchev–Trinajstić information content (AvgIpc) is 2.49. The lowest BCUT2D eigenvalue weighted by Gasteiger charge is -2.15. The van der Waals surface area contributed by atoms with Crippen LogP contribution in [0.25, 0.3) is 0 Å². The predicted molar refractivity (Wildman–Crippen MR) is 87.0 cm³/mol. The maximum absolute atomic E-state index is 2.31. The first-order valence-electron chi connectivity index (χ1n) is 6.95. The summed E-state index contributed by atoms with van der Waals surface area (Å²) in [6.07, 6.45) is 0. The minimum absolute atomic E-state index is 0.633. The van der Waals surface area contributed by atoms with Gasteiger partial charge in [-0.1, -0.05) is 74.5 Å². The van der Waals surface area contributed by atoms with Gasteiger partial charge in [0.15, 0.2) is 0 Å². The van der Waals surface area contributed by atoms with Crippen molar-refractivity contribution in [2.24, 2.45) is 0 Å². The zero-order valence-corrected chi connectivity index (χ0v) is 12.6. The second kappa shape index (κ2) is 7.40. The van der Waals surface area contributed by atoms with E-state index in [1.54, 1.807) is 0 Å². The summed E-state index contributed by atoms with van der Waals surface area (Å²) >= 11 is 2.06. The topological polar surface area (TPSA) is 0 Å². The van der Waals surface area contributed by atoms with Crippen LogP contribution in [0.4, 0.5) is 0 Å². The van der Waals surface area contributed by atoms with Gasteiger partial charge in [0.1, 0.15) is 0 Å². The van der Waals surface area contributed by atoms with Gasteiger partial charge in [0.2, 0.25) is 0 Å². The fourth-order valence-electron chi connectivity index (χ4n) is 2.18. The van der Waals surface area contributed by atoms with Gasteiger partial charge in [-0.25, -0.2) is 0 Å². The normalized spacial score (nSPS) is 14.0. The highest BCUT2D eigenvalue weighted by Crippen LogP contribution is 2.25. The van der Waals surface area contributed by atoms with Gasteiger partial charge in [-0.15, -0.1) is 0 Å². The summed E-state index contributed by atoms with van der Waals surface area (Å²) in [6, 6.07) is 21.6. The van der Waals surface area contributed by atoms with E-state index >= 15 is 0 Å². The van der Waals surface area contributed by atoms with Crippen LogP contribution in [0.1, 0.15) is 36.8 Å². The van der Waals surface area contributed by atoms with Crippen molar-refractivity contribution in [1.29, 1.82) is 0 Å². The molecule has 0 saturated heterocycles. The Morgan fingerprint density at radius 3 is 1.42 bits per heavy atom. The molecule has 0 heterocycles. The van der Waals surface area contributed by atoms with Gasteiger partial charge in [-0.05, 0) is 34.5 Å². The molecule has 2 rings (SSSR count). The van der Waals surface area contributed by atoms with Crippen molar-refractivity contribution < 1.29 is 0 Å². The van der Waals surface area contributed by atoms with Crippen molar-refractivity contribution in [2.45, 2.75) is 25.7 Å². The molecule has 0 N–H and O–H groups in total. The molecule has 0 saturated carbocycles. The third-order valence-electron chi connectivity index (χ3n) is 3.47. The van der Waals surface area contributed by atoms with E-state index in [2.05, 4.69) is 86.3 Å². The highest BCUT2D eigenvalue weighted by Gasteiger charge is 2.08. The molecule has 2 aromatic rings. The highest BCUT2D eigenvalue weighted by molar-refractivity contribution is 7.99. The number of hydrogen-bond acceptors (Lipinski definition) is 1. The monoisotopic (exact) mass is 270 g/mol. The standard InChI is InChI=1S/C18H22S/c1-15(17-9-5-3-6-10-17)13-19-14-16(2)18-11-7-4-8-12-18/h3-12,15-16H,13-14H2,1-2H3. The van der Waals surface area contributed by atoms with Crippen molar-refractivity contribution in [3.8, 4) is 0 Å². The summed E-state index contributed by atoms with van der Waals surface area (Å²) in [5.41, 5.74) is 2.89. The summed E-state index contributed by atoms with van der Waals surface area (Å²) in [5.74, 6) is 3.66. The molecule has 19 heavy (non-hydrogen) atoms. The first-order valence-corrected chi connectivity index (χ1v) is 8.10. The SMILES string of the molecule is CC(CSCC(C)c1ccccc1)c1ccccc1.